The van der Waals surface area contributed by atoms with E-state index in [-0.39, 0.29) is 5.91 Å². The Morgan fingerprint density at radius 1 is 1.07 bits per heavy atom. The maximum atomic E-state index is 12.7. The Hall–Kier alpha value is -3.35. The average Bonchev–Trinajstić information content (AvgIpc) is 3.13. The molecule has 4 amide bonds. The second kappa shape index (κ2) is 9.03. The number of carbonyl (C=O) groups excluding carboxylic acids is 3. The second-order valence-corrected chi connectivity index (χ2v) is 6.53. The van der Waals surface area contributed by atoms with Gasteiger partial charge in [0, 0.05) is 30.9 Å². The summed E-state index contributed by atoms with van der Waals surface area (Å²) < 4.78 is 0. The molecule has 0 spiro atoms. The fraction of sp³-hybridized carbons (Fsp3) is 0.286. The van der Waals surface area contributed by atoms with Gasteiger partial charge in [-0.1, -0.05) is 30.3 Å². The number of carbonyl (C=O) groups is 3. The molecule has 0 aromatic heterocycles. The van der Waals surface area contributed by atoms with Crippen LogP contribution in [0.3, 0.4) is 0 Å². The lowest BCUT2D eigenvalue weighted by molar-refractivity contribution is -0.121. The van der Waals surface area contributed by atoms with E-state index in [2.05, 4.69) is 16.0 Å². The van der Waals surface area contributed by atoms with E-state index in [1.807, 2.05) is 54.6 Å². The summed E-state index contributed by atoms with van der Waals surface area (Å²) in [7, 11) is 0. The van der Waals surface area contributed by atoms with Gasteiger partial charge >= 0.3 is 6.03 Å². The van der Waals surface area contributed by atoms with Crippen molar-refractivity contribution in [3.05, 3.63) is 60.2 Å². The molecule has 0 radical (unpaired) electrons. The zero-order valence-electron chi connectivity index (χ0n) is 15.8. The minimum Gasteiger partial charge on any atom is -0.370 e. The Kier molecular flexibility index (Phi) is 6.26. The normalized spacial score (nSPS) is 14.5. The van der Waals surface area contributed by atoms with Crippen LogP contribution in [0.4, 0.5) is 16.2 Å². The van der Waals surface area contributed by atoms with Crippen LogP contribution in [0, 0.1) is 0 Å². The summed E-state index contributed by atoms with van der Waals surface area (Å²) in [4.78, 5) is 38.1. The highest BCUT2D eigenvalue weighted by Crippen LogP contribution is 2.25. The van der Waals surface area contributed by atoms with Gasteiger partial charge in [0.1, 0.15) is 6.04 Å². The van der Waals surface area contributed by atoms with Gasteiger partial charge in [-0.3, -0.25) is 14.9 Å². The molecule has 2 aromatic rings. The van der Waals surface area contributed by atoms with E-state index in [4.69, 9.17) is 0 Å². The molecular weight excluding hydrogens is 356 g/mol. The van der Waals surface area contributed by atoms with Crippen molar-refractivity contribution in [2.75, 3.05) is 23.3 Å². The fourth-order valence-corrected chi connectivity index (χ4v) is 3.16. The molecule has 1 fully saturated rings. The van der Waals surface area contributed by atoms with Gasteiger partial charge < -0.3 is 15.5 Å². The average molecular weight is 380 g/mol. The Bertz CT molecular complexity index is 836. The summed E-state index contributed by atoms with van der Waals surface area (Å²) in [6, 6.07) is 15.3. The van der Waals surface area contributed by atoms with E-state index in [1.165, 1.54) is 0 Å². The number of rotatable bonds is 6. The first-order chi connectivity index (χ1) is 13.6. The molecule has 0 bridgehead atoms. The summed E-state index contributed by atoms with van der Waals surface area (Å²) in [5.74, 6) is -0.319. The second-order valence-electron chi connectivity index (χ2n) is 6.53. The van der Waals surface area contributed by atoms with Crippen LogP contribution >= 0.6 is 0 Å². The highest BCUT2D eigenvalue weighted by Gasteiger charge is 2.24. The first-order valence-electron chi connectivity index (χ1n) is 9.39. The van der Waals surface area contributed by atoms with Gasteiger partial charge in [0.05, 0.1) is 0 Å². The summed E-state index contributed by atoms with van der Waals surface area (Å²) in [6.45, 7) is 2.94. The predicted molar refractivity (Wildman–Crippen MR) is 108 cm³/mol. The highest BCUT2D eigenvalue weighted by atomic mass is 16.2. The Morgan fingerprint density at radius 3 is 2.39 bits per heavy atom. The van der Waals surface area contributed by atoms with E-state index < -0.39 is 18.0 Å². The predicted octanol–water partition coefficient (Wildman–Crippen LogP) is 2.81. The molecule has 28 heavy (non-hydrogen) atoms. The number of nitrogens with one attached hydrogen (secondary N) is 3. The topological polar surface area (TPSA) is 90.5 Å². The molecule has 1 heterocycles. The van der Waals surface area contributed by atoms with E-state index in [0.717, 1.165) is 29.9 Å². The maximum absolute atomic E-state index is 12.7. The molecule has 0 saturated carbocycles. The Labute approximate surface area is 164 Å². The molecule has 3 rings (SSSR count). The van der Waals surface area contributed by atoms with Gasteiger partial charge in [0.15, 0.2) is 0 Å². The summed E-state index contributed by atoms with van der Waals surface area (Å²) in [6.07, 6.45) is 1.45. The van der Waals surface area contributed by atoms with Crippen molar-refractivity contribution in [2.24, 2.45) is 0 Å². The molecule has 7 nitrogen and oxygen atoms in total. The standard InChI is InChI=1S/C21H24N4O3/c1-2-22-21(28)24-20(27)19(15-7-4-3-5-8-15)23-16-10-12-17(13-11-16)25-14-6-9-18(25)26/h3-5,7-8,10-13,19,23H,2,6,9,14H2,1H3,(H2,22,24,27,28)/t19-/m0/s1. The minimum absolute atomic E-state index is 0.129. The van der Waals surface area contributed by atoms with Crippen LogP contribution in [0.15, 0.2) is 54.6 Å². The van der Waals surface area contributed by atoms with Crippen molar-refractivity contribution in [1.29, 1.82) is 0 Å². The smallest absolute Gasteiger partial charge is 0.321 e. The van der Waals surface area contributed by atoms with Crippen LogP contribution in [-0.4, -0.2) is 30.9 Å². The molecule has 0 aliphatic carbocycles. The molecule has 0 unspecified atom stereocenters. The van der Waals surface area contributed by atoms with Crippen molar-refractivity contribution in [2.45, 2.75) is 25.8 Å². The number of imide groups is 1. The largest absolute Gasteiger partial charge is 0.370 e. The monoisotopic (exact) mass is 380 g/mol. The summed E-state index contributed by atoms with van der Waals surface area (Å²) in [5, 5.41) is 8.09. The number of nitrogens with zero attached hydrogens (tertiary/aromatic N) is 1. The lowest BCUT2D eigenvalue weighted by atomic mass is 10.1. The molecule has 3 N–H and O–H groups in total. The van der Waals surface area contributed by atoms with Gasteiger partial charge in [-0.25, -0.2) is 4.79 Å². The Balaban J connectivity index is 1.76. The molecule has 1 atom stereocenters. The van der Waals surface area contributed by atoms with E-state index >= 15 is 0 Å². The zero-order valence-corrected chi connectivity index (χ0v) is 15.8. The van der Waals surface area contributed by atoms with Crippen molar-refractivity contribution < 1.29 is 14.4 Å². The molecule has 1 saturated heterocycles. The van der Waals surface area contributed by atoms with Gasteiger partial charge in [0.2, 0.25) is 5.91 Å². The third-order valence-electron chi connectivity index (χ3n) is 4.53. The summed E-state index contributed by atoms with van der Waals surface area (Å²) >= 11 is 0. The van der Waals surface area contributed by atoms with E-state index in [0.29, 0.717) is 13.0 Å². The van der Waals surface area contributed by atoms with Gasteiger partial charge in [-0.2, -0.15) is 0 Å². The third kappa shape index (κ3) is 4.68. The third-order valence-corrected chi connectivity index (χ3v) is 4.53. The number of hydrogen-bond donors (Lipinski definition) is 3. The molecule has 146 valence electrons. The van der Waals surface area contributed by atoms with E-state index in [1.54, 1.807) is 11.8 Å². The maximum Gasteiger partial charge on any atom is 0.321 e. The number of urea groups is 1. The molecule has 7 heteroatoms. The van der Waals surface area contributed by atoms with Crippen molar-refractivity contribution in [3.63, 3.8) is 0 Å². The number of benzene rings is 2. The van der Waals surface area contributed by atoms with E-state index in [9.17, 15) is 14.4 Å². The molecule has 2 aromatic carbocycles. The quantitative estimate of drug-likeness (QED) is 0.719. The summed E-state index contributed by atoms with van der Waals surface area (Å²) in [5.41, 5.74) is 2.30. The van der Waals surface area contributed by atoms with Crippen LogP contribution in [0.1, 0.15) is 31.4 Å². The minimum atomic E-state index is -0.733. The van der Waals surface area contributed by atoms with Gasteiger partial charge in [0.25, 0.3) is 5.91 Å². The Morgan fingerprint density at radius 2 is 1.79 bits per heavy atom. The van der Waals surface area contributed by atoms with Gasteiger partial charge in [-0.15, -0.1) is 0 Å². The number of amides is 4. The lowest BCUT2D eigenvalue weighted by Gasteiger charge is -2.21. The van der Waals surface area contributed by atoms with Crippen LogP contribution in [0.5, 0.6) is 0 Å². The van der Waals surface area contributed by atoms with Crippen molar-refractivity contribution in [3.8, 4) is 0 Å². The molecular formula is C21H24N4O3. The number of anilines is 2. The SMILES string of the molecule is CCNC(=O)NC(=O)[C@@H](Nc1ccc(N2CCCC2=O)cc1)c1ccccc1. The molecule has 1 aliphatic heterocycles. The first kappa shape index (κ1) is 19.4. The zero-order chi connectivity index (χ0) is 19.9. The van der Waals surface area contributed by atoms with Crippen LogP contribution in [0.2, 0.25) is 0 Å². The fourth-order valence-electron chi connectivity index (χ4n) is 3.16. The lowest BCUT2D eigenvalue weighted by Crippen LogP contribution is -2.43. The van der Waals surface area contributed by atoms with Crippen molar-refractivity contribution >= 4 is 29.2 Å². The first-order valence-corrected chi connectivity index (χ1v) is 9.39. The van der Waals surface area contributed by atoms with Crippen LogP contribution in [-0.2, 0) is 9.59 Å². The van der Waals surface area contributed by atoms with Crippen LogP contribution in [0.25, 0.3) is 0 Å². The van der Waals surface area contributed by atoms with Crippen LogP contribution < -0.4 is 20.9 Å². The highest BCUT2D eigenvalue weighted by molar-refractivity contribution is 5.99. The number of hydrogen-bond acceptors (Lipinski definition) is 4. The molecule has 1 aliphatic rings. The van der Waals surface area contributed by atoms with Gasteiger partial charge in [-0.05, 0) is 43.2 Å². The van der Waals surface area contributed by atoms with Crippen molar-refractivity contribution in [1.82, 2.24) is 10.6 Å².